The predicted octanol–water partition coefficient (Wildman–Crippen LogP) is 6.33. The van der Waals surface area contributed by atoms with Crippen molar-refractivity contribution in [1.29, 1.82) is 0 Å². The average Bonchev–Trinajstić information content (AvgIpc) is 2.75. The first-order valence-corrected chi connectivity index (χ1v) is 10.1. The Hall–Kier alpha value is -2.87. The van der Waals surface area contributed by atoms with Crippen LogP contribution in [0.25, 0.3) is 0 Å². The van der Waals surface area contributed by atoms with Crippen molar-refractivity contribution in [2.75, 3.05) is 0 Å². The number of aromatic hydroxyl groups is 1. The molecule has 0 aliphatic rings. The number of phenolic OH excluding ortho intramolecular Hbond substituents is 1. The molecule has 0 saturated heterocycles. The maximum atomic E-state index is 13.3. The van der Waals surface area contributed by atoms with E-state index >= 15 is 0 Å². The van der Waals surface area contributed by atoms with E-state index < -0.39 is 0 Å². The first kappa shape index (κ1) is 19.9. The van der Waals surface area contributed by atoms with Crippen molar-refractivity contribution < 1.29 is 9.90 Å². The van der Waals surface area contributed by atoms with Gasteiger partial charge in [-0.15, -0.1) is 0 Å². The molecule has 2 nitrogen and oxygen atoms in total. The molecule has 0 radical (unpaired) electrons. The second-order valence-corrected chi connectivity index (χ2v) is 7.30. The van der Waals surface area contributed by atoms with Gasteiger partial charge in [0.25, 0.3) is 0 Å². The highest BCUT2D eigenvalue weighted by atomic mass is 16.3. The van der Waals surface area contributed by atoms with Gasteiger partial charge in [-0.05, 0) is 48.4 Å². The van der Waals surface area contributed by atoms with E-state index in [0.717, 1.165) is 48.8 Å². The Balaban J connectivity index is 1.90. The average molecular weight is 373 g/mol. The van der Waals surface area contributed by atoms with Gasteiger partial charge in [-0.2, -0.15) is 0 Å². The number of phenols is 1. The fraction of sp³-hybridized carbons (Fsp3) is 0.269. The van der Waals surface area contributed by atoms with Crippen molar-refractivity contribution in [3.05, 3.63) is 101 Å². The van der Waals surface area contributed by atoms with Crippen LogP contribution < -0.4 is 0 Å². The lowest BCUT2D eigenvalue weighted by Crippen LogP contribution is -2.14. The van der Waals surface area contributed by atoms with E-state index in [1.165, 1.54) is 5.56 Å². The highest BCUT2D eigenvalue weighted by Gasteiger charge is 2.23. The fourth-order valence-electron chi connectivity index (χ4n) is 3.60. The third kappa shape index (κ3) is 5.10. The summed E-state index contributed by atoms with van der Waals surface area (Å²) in [6.07, 6.45) is 4.52. The number of rotatable bonds is 9. The summed E-state index contributed by atoms with van der Waals surface area (Å²) < 4.78 is 0. The predicted molar refractivity (Wildman–Crippen MR) is 115 cm³/mol. The first-order valence-electron chi connectivity index (χ1n) is 10.1. The van der Waals surface area contributed by atoms with E-state index in [9.17, 15) is 9.90 Å². The molecule has 1 atom stereocenters. The Morgan fingerprint density at radius 1 is 0.893 bits per heavy atom. The van der Waals surface area contributed by atoms with Gasteiger partial charge in [-0.3, -0.25) is 4.79 Å². The van der Waals surface area contributed by atoms with Crippen LogP contribution in [-0.4, -0.2) is 10.9 Å². The number of Topliss-reactive ketones (excluding diaryl/α,β-unsaturated/α-hetero) is 1. The molecule has 2 heteroatoms. The summed E-state index contributed by atoms with van der Waals surface area (Å²) in [5.41, 5.74) is 3.90. The Morgan fingerprint density at radius 2 is 1.57 bits per heavy atom. The molecule has 0 saturated carbocycles. The van der Waals surface area contributed by atoms with Gasteiger partial charge in [0.1, 0.15) is 5.75 Å². The molecule has 28 heavy (non-hydrogen) atoms. The summed E-state index contributed by atoms with van der Waals surface area (Å²) in [4.78, 5) is 13.3. The smallest absolute Gasteiger partial charge is 0.170 e. The summed E-state index contributed by atoms with van der Waals surface area (Å²) in [5, 5.41) is 10.2. The Kier molecular flexibility index (Phi) is 7.02. The number of hydrogen-bond donors (Lipinski definition) is 1. The lowest BCUT2D eigenvalue weighted by molar-refractivity contribution is 0.0955. The van der Waals surface area contributed by atoms with Crippen LogP contribution in [0, 0.1) is 0 Å². The number of carbonyl (C=O) groups excluding carboxylic acids is 1. The van der Waals surface area contributed by atoms with E-state index in [1.807, 2.05) is 60.7 Å². The third-order valence-corrected chi connectivity index (χ3v) is 5.24. The van der Waals surface area contributed by atoms with Crippen molar-refractivity contribution in [2.24, 2.45) is 0 Å². The summed E-state index contributed by atoms with van der Waals surface area (Å²) in [6, 6.07) is 25.5. The van der Waals surface area contributed by atoms with E-state index in [1.54, 1.807) is 6.07 Å². The third-order valence-electron chi connectivity index (χ3n) is 5.24. The number of benzene rings is 3. The van der Waals surface area contributed by atoms with Gasteiger partial charge in [0.2, 0.25) is 0 Å². The quantitative estimate of drug-likeness (QED) is 0.445. The summed E-state index contributed by atoms with van der Waals surface area (Å²) in [5.74, 6) is 0.249. The maximum absolute atomic E-state index is 13.3. The number of ketones is 1. The van der Waals surface area contributed by atoms with Crippen LogP contribution in [0.15, 0.2) is 78.9 Å². The summed E-state index contributed by atoms with van der Waals surface area (Å²) >= 11 is 0. The maximum Gasteiger partial charge on any atom is 0.170 e. The number of unbranched alkanes of at least 4 members (excludes halogenated alkanes) is 1. The number of aryl methyl sites for hydroxylation is 2. The minimum Gasteiger partial charge on any atom is -0.508 e. The van der Waals surface area contributed by atoms with Crippen LogP contribution in [0.3, 0.4) is 0 Å². The molecular formula is C26H28O2. The molecule has 0 aliphatic carbocycles. The molecule has 3 rings (SSSR count). The minimum absolute atomic E-state index is 0.142. The molecule has 0 amide bonds. The van der Waals surface area contributed by atoms with Gasteiger partial charge in [-0.25, -0.2) is 0 Å². The topological polar surface area (TPSA) is 37.3 Å². The zero-order valence-electron chi connectivity index (χ0n) is 16.5. The Bertz CT molecular complexity index is 885. The van der Waals surface area contributed by atoms with Gasteiger partial charge in [0, 0.05) is 11.5 Å². The summed E-state index contributed by atoms with van der Waals surface area (Å²) in [7, 11) is 0. The van der Waals surface area contributed by atoms with Crippen molar-refractivity contribution >= 4 is 5.78 Å². The molecule has 0 spiro atoms. The highest BCUT2D eigenvalue weighted by Crippen LogP contribution is 2.30. The van der Waals surface area contributed by atoms with Crippen LogP contribution in [0.4, 0.5) is 0 Å². The van der Waals surface area contributed by atoms with Crippen LogP contribution in [-0.2, 0) is 12.8 Å². The highest BCUT2D eigenvalue weighted by molar-refractivity contribution is 6.01. The van der Waals surface area contributed by atoms with Crippen LogP contribution in [0.5, 0.6) is 5.75 Å². The lowest BCUT2D eigenvalue weighted by Gasteiger charge is -2.18. The molecule has 3 aromatic rings. The molecule has 1 unspecified atom stereocenters. The van der Waals surface area contributed by atoms with E-state index in [2.05, 4.69) is 19.1 Å². The molecule has 0 aromatic heterocycles. The van der Waals surface area contributed by atoms with Crippen molar-refractivity contribution in [1.82, 2.24) is 0 Å². The van der Waals surface area contributed by atoms with Crippen LogP contribution >= 0.6 is 0 Å². The Morgan fingerprint density at radius 3 is 2.25 bits per heavy atom. The van der Waals surface area contributed by atoms with Gasteiger partial charge in [0.05, 0.1) is 0 Å². The largest absolute Gasteiger partial charge is 0.508 e. The van der Waals surface area contributed by atoms with Gasteiger partial charge in [0.15, 0.2) is 5.78 Å². The van der Waals surface area contributed by atoms with Gasteiger partial charge in [-0.1, -0.05) is 86.1 Å². The van der Waals surface area contributed by atoms with E-state index in [0.29, 0.717) is 5.75 Å². The molecule has 0 heterocycles. The molecule has 0 bridgehead atoms. The van der Waals surface area contributed by atoms with Crippen molar-refractivity contribution in [3.8, 4) is 5.75 Å². The molecule has 0 aliphatic heterocycles. The molecule has 3 aromatic carbocycles. The fourth-order valence-corrected chi connectivity index (χ4v) is 3.60. The zero-order valence-corrected chi connectivity index (χ0v) is 16.5. The van der Waals surface area contributed by atoms with Crippen LogP contribution in [0.2, 0.25) is 0 Å². The second kappa shape index (κ2) is 9.89. The first-order chi connectivity index (χ1) is 13.7. The minimum atomic E-state index is -0.219. The van der Waals surface area contributed by atoms with Crippen LogP contribution in [0.1, 0.15) is 59.2 Å². The molecule has 144 valence electrons. The van der Waals surface area contributed by atoms with Gasteiger partial charge >= 0.3 is 0 Å². The summed E-state index contributed by atoms with van der Waals surface area (Å²) in [6.45, 7) is 2.14. The number of carbonyl (C=O) groups is 1. The standard InChI is InChI=1S/C26H28O2/c1-2-3-12-23-19-22(16-18-25(23)27)24(17-15-20-10-6-4-7-11-20)26(28)21-13-8-5-9-14-21/h4-11,13-14,16,18-19,24,27H,2-3,12,15,17H2,1H3. The SMILES string of the molecule is CCCCc1cc(C(CCc2ccccc2)C(=O)c2ccccc2)ccc1O. The van der Waals surface area contributed by atoms with Gasteiger partial charge < -0.3 is 5.11 Å². The number of hydrogen-bond acceptors (Lipinski definition) is 2. The van der Waals surface area contributed by atoms with Crippen molar-refractivity contribution in [2.45, 2.75) is 44.9 Å². The second-order valence-electron chi connectivity index (χ2n) is 7.30. The van der Waals surface area contributed by atoms with Crippen molar-refractivity contribution in [3.63, 3.8) is 0 Å². The molecule has 0 fully saturated rings. The molecular weight excluding hydrogens is 344 g/mol. The zero-order chi connectivity index (χ0) is 19.8. The Labute approximate surface area is 167 Å². The van der Waals surface area contributed by atoms with E-state index in [4.69, 9.17) is 0 Å². The van der Waals surface area contributed by atoms with E-state index in [-0.39, 0.29) is 11.7 Å². The lowest BCUT2D eigenvalue weighted by atomic mass is 9.85. The monoisotopic (exact) mass is 372 g/mol. The normalized spacial score (nSPS) is 11.9. The molecule has 1 N–H and O–H groups in total.